The highest BCUT2D eigenvalue weighted by Crippen LogP contribution is 2.27. The molecule has 4 heteroatoms. The highest BCUT2D eigenvalue weighted by Gasteiger charge is 2.33. The van der Waals surface area contributed by atoms with Crippen LogP contribution in [-0.2, 0) is 4.79 Å². The van der Waals surface area contributed by atoms with Gasteiger partial charge in [0.2, 0.25) is 0 Å². The summed E-state index contributed by atoms with van der Waals surface area (Å²) in [5, 5.41) is 12.0. The summed E-state index contributed by atoms with van der Waals surface area (Å²) < 4.78 is 0. The fourth-order valence-corrected chi connectivity index (χ4v) is 2.02. The third kappa shape index (κ3) is 2.49. The van der Waals surface area contributed by atoms with Gasteiger partial charge in [0.1, 0.15) is 6.04 Å². The summed E-state index contributed by atoms with van der Waals surface area (Å²) >= 11 is 0. The van der Waals surface area contributed by atoms with E-state index in [9.17, 15) is 4.79 Å². The van der Waals surface area contributed by atoms with E-state index in [0.717, 1.165) is 18.5 Å². The number of nitrogens with one attached hydrogen (secondary N) is 1. The van der Waals surface area contributed by atoms with Crippen molar-refractivity contribution in [1.29, 1.82) is 0 Å². The van der Waals surface area contributed by atoms with E-state index in [4.69, 9.17) is 5.11 Å². The summed E-state index contributed by atoms with van der Waals surface area (Å²) in [7, 11) is 0. The SMILES string of the molecule is Cl.O=C(O)C1NCCC1c1ccccc1. The maximum atomic E-state index is 10.9. The fraction of sp³-hybridized carbons (Fsp3) is 0.364. The molecule has 0 aromatic heterocycles. The molecule has 0 radical (unpaired) electrons. The Labute approximate surface area is 94.9 Å². The molecule has 2 rings (SSSR count). The molecule has 1 saturated heterocycles. The second-order valence-electron chi connectivity index (χ2n) is 3.58. The molecular formula is C11H14ClNO2. The van der Waals surface area contributed by atoms with Gasteiger partial charge < -0.3 is 10.4 Å². The zero-order chi connectivity index (χ0) is 9.97. The van der Waals surface area contributed by atoms with Crippen molar-refractivity contribution in [2.75, 3.05) is 6.54 Å². The lowest BCUT2D eigenvalue weighted by Gasteiger charge is -2.15. The number of hydrogen-bond donors (Lipinski definition) is 2. The molecule has 2 atom stereocenters. The summed E-state index contributed by atoms with van der Waals surface area (Å²) in [6, 6.07) is 9.42. The van der Waals surface area contributed by atoms with Gasteiger partial charge >= 0.3 is 5.97 Å². The highest BCUT2D eigenvalue weighted by molar-refractivity contribution is 5.85. The molecule has 2 N–H and O–H groups in total. The van der Waals surface area contributed by atoms with Crippen molar-refractivity contribution in [3.63, 3.8) is 0 Å². The number of carboxylic acids is 1. The van der Waals surface area contributed by atoms with Gasteiger partial charge in [0.15, 0.2) is 0 Å². The topological polar surface area (TPSA) is 49.3 Å². The Hall–Kier alpha value is -1.06. The van der Waals surface area contributed by atoms with Gasteiger partial charge in [-0.05, 0) is 18.5 Å². The van der Waals surface area contributed by atoms with E-state index in [-0.39, 0.29) is 18.3 Å². The van der Waals surface area contributed by atoms with Crippen LogP contribution in [0.25, 0.3) is 0 Å². The van der Waals surface area contributed by atoms with E-state index in [2.05, 4.69) is 5.32 Å². The maximum absolute atomic E-state index is 10.9. The largest absolute Gasteiger partial charge is 0.480 e. The average Bonchev–Trinajstić information content (AvgIpc) is 2.67. The van der Waals surface area contributed by atoms with Crippen LogP contribution in [0.3, 0.4) is 0 Å². The van der Waals surface area contributed by atoms with E-state index in [0.29, 0.717) is 0 Å². The smallest absolute Gasteiger partial charge is 0.321 e. The lowest BCUT2D eigenvalue weighted by Crippen LogP contribution is -2.34. The quantitative estimate of drug-likeness (QED) is 0.808. The van der Waals surface area contributed by atoms with Crippen molar-refractivity contribution in [3.05, 3.63) is 35.9 Å². The van der Waals surface area contributed by atoms with Gasteiger partial charge in [0.25, 0.3) is 0 Å². The van der Waals surface area contributed by atoms with Gasteiger partial charge in [-0.1, -0.05) is 30.3 Å². The van der Waals surface area contributed by atoms with E-state index in [1.807, 2.05) is 30.3 Å². The van der Waals surface area contributed by atoms with E-state index < -0.39 is 12.0 Å². The predicted molar refractivity (Wildman–Crippen MR) is 60.5 cm³/mol. The first-order valence-corrected chi connectivity index (χ1v) is 4.80. The molecule has 1 heterocycles. The summed E-state index contributed by atoms with van der Waals surface area (Å²) in [5.74, 6) is -0.634. The molecule has 0 bridgehead atoms. The normalized spacial score (nSPS) is 24.5. The molecule has 1 fully saturated rings. The molecule has 0 spiro atoms. The Bertz CT molecular complexity index is 329. The zero-order valence-electron chi connectivity index (χ0n) is 8.22. The van der Waals surface area contributed by atoms with Crippen LogP contribution in [0.5, 0.6) is 0 Å². The Morgan fingerprint density at radius 3 is 2.60 bits per heavy atom. The van der Waals surface area contributed by atoms with Crippen LogP contribution in [0, 0.1) is 0 Å². The number of carbonyl (C=O) groups is 1. The van der Waals surface area contributed by atoms with Crippen molar-refractivity contribution in [2.24, 2.45) is 0 Å². The van der Waals surface area contributed by atoms with Gasteiger partial charge in [-0.3, -0.25) is 4.79 Å². The van der Waals surface area contributed by atoms with Crippen LogP contribution in [-0.4, -0.2) is 23.7 Å². The number of aliphatic carboxylic acids is 1. The Morgan fingerprint density at radius 2 is 2.00 bits per heavy atom. The first-order chi connectivity index (χ1) is 6.79. The minimum absolute atomic E-state index is 0. The molecule has 1 aliphatic heterocycles. The maximum Gasteiger partial charge on any atom is 0.321 e. The zero-order valence-corrected chi connectivity index (χ0v) is 9.04. The predicted octanol–water partition coefficient (Wildman–Crippen LogP) is 1.64. The van der Waals surface area contributed by atoms with Crippen molar-refractivity contribution in [1.82, 2.24) is 5.32 Å². The highest BCUT2D eigenvalue weighted by atomic mass is 35.5. The molecule has 0 saturated carbocycles. The molecule has 1 aromatic carbocycles. The average molecular weight is 228 g/mol. The van der Waals surface area contributed by atoms with Crippen LogP contribution in [0.4, 0.5) is 0 Å². The Balaban J connectivity index is 0.00000112. The molecule has 1 aromatic rings. The third-order valence-corrected chi connectivity index (χ3v) is 2.72. The standard InChI is InChI=1S/C11H13NO2.ClH/c13-11(14)10-9(6-7-12-10)8-4-2-1-3-5-8;/h1-5,9-10,12H,6-7H2,(H,13,14);1H. The van der Waals surface area contributed by atoms with E-state index >= 15 is 0 Å². The van der Waals surface area contributed by atoms with Crippen molar-refractivity contribution < 1.29 is 9.90 Å². The van der Waals surface area contributed by atoms with Gasteiger partial charge in [-0.25, -0.2) is 0 Å². The summed E-state index contributed by atoms with van der Waals surface area (Å²) in [6.07, 6.45) is 0.904. The Morgan fingerprint density at radius 1 is 1.33 bits per heavy atom. The van der Waals surface area contributed by atoms with Crippen molar-refractivity contribution >= 4 is 18.4 Å². The minimum Gasteiger partial charge on any atom is -0.480 e. The molecule has 82 valence electrons. The first kappa shape index (κ1) is 12.0. The summed E-state index contributed by atoms with van der Waals surface area (Å²) in [6.45, 7) is 0.788. The molecule has 0 amide bonds. The Kier molecular flexibility index (Phi) is 4.12. The van der Waals surface area contributed by atoms with Crippen LogP contribution in [0.15, 0.2) is 30.3 Å². The molecular weight excluding hydrogens is 214 g/mol. The second-order valence-corrected chi connectivity index (χ2v) is 3.58. The number of carboxylic acid groups (broad SMARTS) is 1. The summed E-state index contributed by atoms with van der Waals surface area (Å²) in [5.41, 5.74) is 1.12. The first-order valence-electron chi connectivity index (χ1n) is 4.80. The molecule has 3 nitrogen and oxygen atoms in total. The molecule has 1 aliphatic rings. The molecule has 15 heavy (non-hydrogen) atoms. The summed E-state index contributed by atoms with van der Waals surface area (Å²) in [4.78, 5) is 10.9. The number of benzene rings is 1. The van der Waals surface area contributed by atoms with Crippen LogP contribution >= 0.6 is 12.4 Å². The van der Waals surface area contributed by atoms with E-state index in [1.165, 1.54) is 0 Å². The number of hydrogen-bond acceptors (Lipinski definition) is 2. The van der Waals surface area contributed by atoms with Gasteiger partial charge in [0, 0.05) is 5.92 Å². The van der Waals surface area contributed by atoms with Crippen molar-refractivity contribution in [2.45, 2.75) is 18.4 Å². The van der Waals surface area contributed by atoms with Gasteiger partial charge in [-0.2, -0.15) is 0 Å². The van der Waals surface area contributed by atoms with Crippen molar-refractivity contribution in [3.8, 4) is 0 Å². The van der Waals surface area contributed by atoms with Gasteiger partial charge in [-0.15, -0.1) is 12.4 Å². The van der Waals surface area contributed by atoms with E-state index in [1.54, 1.807) is 0 Å². The third-order valence-electron chi connectivity index (χ3n) is 2.72. The minimum atomic E-state index is -0.753. The molecule has 0 aliphatic carbocycles. The van der Waals surface area contributed by atoms with Crippen LogP contribution in [0.1, 0.15) is 17.9 Å². The second kappa shape index (κ2) is 5.14. The number of halogens is 1. The monoisotopic (exact) mass is 227 g/mol. The van der Waals surface area contributed by atoms with Crippen LogP contribution < -0.4 is 5.32 Å². The van der Waals surface area contributed by atoms with Crippen LogP contribution in [0.2, 0.25) is 0 Å². The fourth-order valence-electron chi connectivity index (χ4n) is 2.02. The lowest BCUT2D eigenvalue weighted by molar-refractivity contribution is -0.139. The number of rotatable bonds is 2. The van der Waals surface area contributed by atoms with Gasteiger partial charge in [0.05, 0.1) is 0 Å². The lowest BCUT2D eigenvalue weighted by atomic mass is 9.92. The molecule has 2 unspecified atom stereocenters.